The summed E-state index contributed by atoms with van der Waals surface area (Å²) in [6.45, 7) is 1.13. The van der Waals surface area contributed by atoms with Gasteiger partial charge in [-0.2, -0.15) is 13.2 Å². The molecule has 5 nitrogen and oxygen atoms in total. The summed E-state index contributed by atoms with van der Waals surface area (Å²) in [6, 6.07) is 0.0623. The van der Waals surface area contributed by atoms with Gasteiger partial charge in [0.15, 0.2) is 0 Å². The first-order valence-corrected chi connectivity index (χ1v) is 7.50. The van der Waals surface area contributed by atoms with E-state index >= 15 is 0 Å². The van der Waals surface area contributed by atoms with Crippen LogP contribution >= 0.6 is 0 Å². The fourth-order valence-electron chi connectivity index (χ4n) is 3.23. The van der Waals surface area contributed by atoms with Gasteiger partial charge in [-0.25, -0.2) is 0 Å². The van der Waals surface area contributed by atoms with E-state index in [9.17, 15) is 22.8 Å². The molecule has 2 heterocycles. The van der Waals surface area contributed by atoms with Gasteiger partial charge in [0.25, 0.3) is 0 Å². The van der Waals surface area contributed by atoms with E-state index < -0.39 is 12.1 Å². The van der Waals surface area contributed by atoms with Gasteiger partial charge in [0.05, 0.1) is 12.6 Å². The Bertz CT molecular complexity index is 420. The van der Waals surface area contributed by atoms with Crippen molar-refractivity contribution in [2.45, 2.75) is 37.9 Å². The van der Waals surface area contributed by atoms with E-state index in [1.807, 2.05) is 0 Å². The number of hydrogen-bond donors (Lipinski definition) is 0. The number of nitrogens with zero attached hydrogens (tertiary/aromatic N) is 2. The number of methoxy groups -OCH3 is 1. The number of carbonyl (C=O) groups is 2. The number of amides is 2. The zero-order valence-electron chi connectivity index (χ0n) is 12.6. The molecule has 0 aromatic heterocycles. The predicted molar refractivity (Wildman–Crippen MR) is 72.0 cm³/mol. The van der Waals surface area contributed by atoms with Gasteiger partial charge >= 0.3 is 12.1 Å². The minimum atomic E-state index is -4.84. The maximum absolute atomic E-state index is 12.5. The molecule has 0 aromatic rings. The monoisotopic (exact) mass is 322 g/mol. The number of likely N-dealkylation sites (tertiary alicyclic amines) is 2. The Morgan fingerprint density at radius 3 is 2.32 bits per heavy atom. The van der Waals surface area contributed by atoms with E-state index in [4.69, 9.17) is 4.74 Å². The summed E-state index contributed by atoms with van der Waals surface area (Å²) in [5, 5.41) is 0. The van der Waals surface area contributed by atoms with Crippen molar-refractivity contribution in [3.8, 4) is 0 Å². The Kier molecular flexibility index (Phi) is 5.31. The van der Waals surface area contributed by atoms with Crippen molar-refractivity contribution in [3.05, 3.63) is 0 Å². The van der Waals surface area contributed by atoms with Crippen molar-refractivity contribution >= 4 is 11.8 Å². The summed E-state index contributed by atoms with van der Waals surface area (Å²) >= 11 is 0. The Labute approximate surface area is 127 Å². The highest BCUT2D eigenvalue weighted by molar-refractivity contribution is 5.83. The molecule has 0 bridgehead atoms. The first-order valence-electron chi connectivity index (χ1n) is 7.50. The maximum atomic E-state index is 12.5. The molecule has 2 amide bonds. The molecule has 0 N–H and O–H groups in total. The minimum Gasteiger partial charge on any atom is -0.383 e. The van der Waals surface area contributed by atoms with Gasteiger partial charge in [0, 0.05) is 32.7 Å². The molecule has 8 heteroatoms. The smallest absolute Gasteiger partial charge is 0.383 e. The van der Waals surface area contributed by atoms with E-state index in [-0.39, 0.29) is 43.8 Å². The maximum Gasteiger partial charge on any atom is 0.471 e. The molecule has 0 saturated carbocycles. The minimum absolute atomic E-state index is 0.0151. The SMILES string of the molecule is COCC1CCCN1C(=O)C1CCN(C(=O)C(F)(F)F)CC1. The molecule has 126 valence electrons. The third kappa shape index (κ3) is 3.71. The highest BCUT2D eigenvalue weighted by Gasteiger charge is 2.44. The van der Waals surface area contributed by atoms with Crippen LogP contribution in [-0.4, -0.2) is 67.2 Å². The lowest BCUT2D eigenvalue weighted by Gasteiger charge is -2.35. The average Bonchev–Trinajstić information content (AvgIpc) is 2.93. The highest BCUT2D eigenvalue weighted by Crippen LogP contribution is 2.27. The topological polar surface area (TPSA) is 49.9 Å². The zero-order chi connectivity index (χ0) is 16.3. The van der Waals surface area contributed by atoms with Gasteiger partial charge in [0.1, 0.15) is 0 Å². The number of rotatable bonds is 3. The summed E-state index contributed by atoms with van der Waals surface area (Å²) in [5.74, 6) is -2.12. The summed E-state index contributed by atoms with van der Waals surface area (Å²) in [5.41, 5.74) is 0. The molecule has 2 fully saturated rings. The second-order valence-electron chi connectivity index (χ2n) is 5.85. The van der Waals surface area contributed by atoms with Crippen LogP contribution in [0, 0.1) is 5.92 Å². The Hall–Kier alpha value is -1.31. The van der Waals surface area contributed by atoms with E-state index in [0.29, 0.717) is 13.2 Å². The van der Waals surface area contributed by atoms with Gasteiger partial charge in [-0.15, -0.1) is 0 Å². The summed E-state index contributed by atoms with van der Waals surface area (Å²) < 4.78 is 42.3. The van der Waals surface area contributed by atoms with Crippen LogP contribution in [0.3, 0.4) is 0 Å². The van der Waals surface area contributed by atoms with Crippen LogP contribution in [0.15, 0.2) is 0 Å². The van der Waals surface area contributed by atoms with Crippen molar-refractivity contribution in [2.24, 2.45) is 5.92 Å². The fraction of sp³-hybridized carbons (Fsp3) is 0.857. The van der Waals surface area contributed by atoms with Gasteiger partial charge in [-0.05, 0) is 25.7 Å². The molecule has 1 unspecified atom stereocenters. The van der Waals surface area contributed by atoms with Crippen LogP contribution in [0.2, 0.25) is 0 Å². The number of ether oxygens (including phenoxy) is 1. The van der Waals surface area contributed by atoms with Gasteiger partial charge in [0.2, 0.25) is 5.91 Å². The van der Waals surface area contributed by atoms with Crippen molar-refractivity contribution in [2.75, 3.05) is 33.4 Å². The van der Waals surface area contributed by atoms with Crippen molar-refractivity contribution < 1.29 is 27.5 Å². The normalized spacial score (nSPS) is 23.9. The second-order valence-corrected chi connectivity index (χ2v) is 5.85. The van der Waals surface area contributed by atoms with Crippen LogP contribution in [0.4, 0.5) is 13.2 Å². The number of piperidine rings is 1. The number of halogens is 3. The summed E-state index contributed by atoms with van der Waals surface area (Å²) in [7, 11) is 1.59. The van der Waals surface area contributed by atoms with E-state index in [2.05, 4.69) is 0 Å². The lowest BCUT2D eigenvalue weighted by molar-refractivity contribution is -0.187. The molecular formula is C14H21F3N2O3. The third-order valence-electron chi connectivity index (χ3n) is 4.39. The molecule has 22 heavy (non-hydrogen) atoms. The van der Waals surface area contributed by atoms with Crippen LogP contribution < -0.4 is 0 Å². The molecule has 0 radical (unpaired) electrons. The average molecular weight is 322 g/mol. The molecule has 2 saturated heterocycles. The first-order chi connectivity index (χ1) is 10.3. The van der Waals surface area contributed by atoms with Crippen LogP contribution in [0.25, 0.3) is 0 Å². The standard InChI is InChI=1S/C14H21F3N2O3/c1-22-9-11-3-2-6-19(11)12(20)10-4-7-18(8-5-10)13(21)14(15,16)17/h10-11H,2-9H2,1H3. The van der Waals surface area contributed by atoms with Gasteiger partial charge in [-0.1, -0.05) is 0 Å². The Balaban J connectivity index is 1.88. The summed E-state index contributed by atoms with van der Waals surface area (Å²) in [6.07, 6.45) is -2.45. The molecule has 2 aliphatic rings. The van der Waals surface area contributed by atoms with Gasteiger partial charge < -0.3 is 14.5 Å². The zero-order valence-corrected chi connectivity index (χ0v) is 12.6. The highest BCUT2D eigenvalue weighted by atomic mass is 19.4. The predicted octanol–water partition coefficient (Wildman–Crippen LogP) is 1.42. The van der Waals surface area contributed by atoms with Crippen LogP contribution in [0.1, 0.15) is 25.7 Å². The molecule has 2 aliphatic heterocycles. The number of hydrogen-bond acceptors (Lipinski definition) is 3. The largest absolute Gasteiger partial charge is 0.471 e. The Morgan fingerprint density at radius 2 is 1.77 bits per heavy atom. The fourth-order valence-corrected chi connectivity index (χ4v) is 3.23. The molecule has 0 aromatic carbocycles. The van der Waals surface area contributed by atoms with Crippen LogP contribution in [-0.2, 0) is 14.3 Å². The van der Waals surface area contributed by atoms with E-state index in [0.717, 1.165) is 17.7 Å². The number of alkyl halides is 3. The molecule has 1 atom stereocenters. The lowest BCUT2D eigenvalue weighted by atomic mass is 9.95. The third-order valence-corrected chi connectivity index (χ3v) is 4.39. The summed E-state index contributed by atoms with van der Waals surface area (Å²) in [4.78, 5) is 26.3. The molecule has 0 spiro atoms. The van der Waals surface area contributed by atoms with Gasteiger partial charge in [-0.3, -0.25) is 9.59 Å². The van der Waals surface area contributed by atoms with Crippen LogP contribution in [0.5, 0.6) is 0 Å². The second kappa shape index (κ2) is 6.85. The quantitative estimate of drug-likeness (QED) is 0.790. The number of carbonyl (C=O) groups excluding carboxylic acids is 2. The lowest BCUT2D eigenvalue weighted by Crippen LogP contribution is -2.49. The molecular weight excluding hydrogens is 301 g/mol. The molecule has 0 aliphatic carbocycles. The van der Waals surface area contributed by atoms with Crippen molar-refractivity contribution in [3.63, 3.8) is 0 Å². The Morgan fingerprint density at radius 1 is 1.14 bits per heavy atom. The molecule has 2 rings (SSSR count). The van der Waals surface area contributed by atoms with E-state index in [1.54, 1.807) is 12.0 Å². The van der Waals surface area contributed by atoms with Crippen molar-refractivity contribution in [1.29, 1.82) is 0 Å². The van der Waals surface area contributed by atoms with E-state index in [1.165, 1.54) is 0 Å². The first kappa shape index (κ1) is 17.1. The van der Waals surface area contributed by atoms with Crippen molar-refractivity contribution in [1.82, 2.24) is 9.80 Å².